The monoisotopic (exact) mass is 406 g/mol. The zero-order valence-corrected chi connectivity index (χ0v) is 17.9. The van der Waals surface area contributed by atoms with Gasteiger partial charge in [-0.3, -0.25) is 9.80 Å². The number of nitrogens with zero attached hydrogens (tertiary/aromatic N) is 4. The van der Waals surface area contributed by atoms with Crippen molar-refractivity contribution < 1.29 is 9.05 Å². The van der Waals surface area contributed by atoms with Crippen LogP contribution in [0.3, 0.4) is 0 Å². The first-order valence-electron chi connectivity index (χ1n) is 11.1. The van der Waals surface area contributed by atoms with Crippen LogP contribution in [-0.2, 0) is 13.1 Å². The van der Waals surface area contributed by atoms with E-state index >= 15 is 0 Å². The molecule has 2 saturated heterocycles. The predicted octanol–water partition coefficient (Wildman–Crippen LogP) is 4.95. The summed E-state index contributed by atoms with van der Waals surface area (Å²) in [6.07, 6.45) is 4.70. The molecular formula is C24H30N4O2. The van der Waals surface area contributed by atoms with Gasteiger partial charge in [-0.05, 0) is 63.7 Å². The van der Waals surface area contributed by atoms with Gasteiger partial charge in [-0.2, -0.15) is 0 Å². The highest BCUT2D eigenvalue weighted by Crippen LogP contribution is 2.35. The van der Waals surface area contributed by atoms with Crippen molar-refractivity contribution in [2.75, 3.05) is 13.1 Å². The molecule has 4 heterocycles. The minimum atomic E-state index is 0.349. The first-order valence-corrected chi connectivity index (χ1v) is 11.1. The normalized spacial score (nSPS) is 22.9. The molecule has 30 heavy (non-hydrogen) atoms. The first kappa shape index (κ1) is 19.5. The molecule has 6 nitrogen and oxygen atoms in total. The van der Waals surface area contributed by atoms with Crippen LogP contribution in [0.4, 0.5) is 0 Å². The van der Waals surface area contributed by atoms with Crippen LogP contribution in [0, 0.1) is 13.8 Å². The van der Waals surface area contributed by atoms with E-state index in [0.717, 1.165) is 61.9 Å². The molecule has 6 heteroatoms. The van der Waals surface area contributed by atoms with Crippen LogP contribution in [0.1, 0.15) is 71.8 Å². The van der Waals surface area contributed by atoms with Crippen LogP contribution >= 0.6 is 0 Å². The molecule has 1 aromatic carbocycles. The van der Waals surface area contributed by atoms with Crippen molar-refractivity contribution in [3.05, 3.63) is 70.4 Å². The van der Waals surface area contributed by atoms with E-state index in [4.69, 9.17) is 9.05 Å². The molecule has 2 unspecified atom stereocenters. The molecule has 0 amide bonds. The van der Waals surface area contributed by atoms with E-state index in [9.17, 15) is 0 Å². The molecule has 5 rings (SSSR count). The van der Waals surface area contributed by atoms with Crippen LogP contribution in [0.25, 0.3) is 0 Å². The fourth-order valence-corrected chi connectivity index (χ4v) is 4.97. The van der Waals surface area contributed by atoms with E-state index in [0.29, 0.717) is 12.1 Å². The van der Waals surface area contributed by atoms with Crippen molar-refractivity contribution in [2.45, 2.75) is 64.7 Å². The molecule has 2 aliphatic rings. The molecule has 2 fully saturated rings. The minimum absolute atomic E-state index is 0.349. The third-order valence-electron chi connectivity index (χ3n) is 6.47. The summed E-state index contributed by atoms with van der Waals surface area (Å²) in [6.45, 7) is 8.10. The van der Waals surface area contributed by atoms with Gasteiger partial charge in [0.2, 0.25) is 0 Å². The summed E-state index contributed by atoms with van der Waals surface area (Å²) in [6, 6.07) is 14.0. The number of rotatable bonds is 6. The van der Waals surface area contributed by atoms with Crippen molar-refractivity contribution in [3.63, 3.8) is 0 Å². The highest BCUT2D eigenvalue weighted by atomic mass is 16.5. The van der Waals surface area contributed by atoms with Crippen LogP contribution in [-0.4, -0.2) is 33.2 Å². The Bertz CT molecular complexity index is 898. The van der Waals surface area contributed by atoms with E-state index in [1.807, 2.05) is 13.8 Å². The number of hydrogen-bond acceptors (Lipinski definition) is 6. The largest absolute Gasteiger partial charge is 0.359 e. The summed E-state index contributed by atoms with van der Waals surface area (Å²) < 4.78 is 11.1. The Labute approximate surface area is 177 Å². The Morgan fingerprint density at radius 3 is 1.57 bits per heavy atom. The lowest BCUT2D eigenvalue weighted by Crippen LogP contribution is -2.23. The van der Waals surface area contributed by atoms with Crippen molar-refractivity contribution in [3.8, 4) is 0 Å². The third kappa shape index (κ3) is 4.07. The fraction of sp³-hybridized carbons (Fsp3) is 0.500. The van der Waals surface area contributed by atoms with E-state index in [2.05, 4.69) is 56.5 Å². The standard InChI is InChI=1S/C24H30N4O2/c1-17-13-23(29-25-17)21-5-3-11-27(21)15-19-7-9-20(10-8-19)16-28-12-4-6-22(28)24-14-18(2)26-30-24/h7-10,13-14,21-22H,3-6,11-12,15-16H2,1-2H3. The molecule has 2 aromatic heterocycles. The van der Waals surface area contributed by atoms with Crippen molar-refractivity contribution in [2.24, 2.45) is 0 Å². The average molecular weight is 407 g/mol. The number of hydrogen-bond donors (Lipinski definition) is 0. The predicted molar refractivity (Wildman–Crippen MR) is 114 cm³/mol. The number of aryl methyl sites for hydroxylation is 2. The Morgan fingerprint density at radius 1 is 0.767 bits per heavy atom. The van der Waals surface area contributed by atoms with Gasteiger partial charge in [-0.1, -0.05) is 34.6 Å². The van der Waals surface area contributed by atoms with Crippen molar-refractivity contribution >= 4 is 0 Å². The molecule has 158 valence electrons. The van der Waals surface area contributed by atoms with Gasteiger partial charge in [-0.15, -0.1) is 0 Å². The topological polar surface area (TPSA) is 58.5 Å². The lowest BCUT2D eigenvalue weighted by molar-refractivity contribution is 0.205. The maximum absolute atomic E-state index is 5.55. The Morgan fingerprint density at radius 2 is 1.20 bits per heavy atom. The van der Waals surface area contributed by atoms with E-state index in [1.54, 1.807) is 0 Å². The van der Waals surface area contributed by atoms with Gasteiger partial charge < -0.3 is 9.05 Å². The Kier molecular flexibility index (Phi) is 5.44. The van der Waals surface area contributed by atoms with E-state index in [-0.39, 0.29) is 0 Å². The van der Waals surface area contributed by atoms with E-state index in [1.165, 1.54) is 24.0 Å². The second kappa shape index (κ2) is 8.36. The Balaban J connectivity index is 1.22. The summed E-state index contributed by atoms with van der Waals surface area (Å²) in [7, 11) is 0. The summed E-state index contributed by atoms with van der Waals surface area (Å²) in [5.41, 5.74) is 4.63. The van der Waals surface area contributed by atoms with Gasteiger partial charge in [0.25, 0.3) is 0 Å². The quantitative estimate of drug-likeness (QED) is 0.577. The molecule has 2 aliphatic heterocycles. The number of benzene rings is 1. The second-order valence-electron chi connectivity index (χ2n) is 8.81. The molecule has 0 saturated carbocycles. The molecule has 0 radical (unpaired) electrons. The fourth-order valence-electron chi connectivity index (χ4n) is 4.97. The Hall–Kier alpha value is -2.44. The maximum Gasteiger partial charge on any atom is 0.154 e. The first-order chi connectivity index (χ1) is 14.7. The maximum atomic E-state index is 5.55. The molecule has 0 aliphatic carbocycles. The molecule has 2 atom stereocenters. The molecule has 0 N–H and O–H groups in total. The van der Waals surface area contributed by atoms with Crippen molar-refractivity contribution in [1.82, 2.24) is 20.1 Å². The van der Waals surface area contributed by atoms with Crippen LogP contribution in [0.5, 0.6) is 0 Å². The molecule has 0 bridgehead atoms. The smallest absolute Gasteiger partial charge is 0.154 e. The van der Waals surface area contributed by atoms with Gasteiger partial charge >= 0.3 is 0 Å². The number of aromatic nitrogens is 2. The minimum Gasteiger partial charge on any atom is -0.359 e. The molecular weight excluding hydrogens is 376 g/mol. The van der Waals surface area contributed by atoms with Gasteiger partial charge in [0.15, 0.2) is 11.5 Å². The number of likely N-dealkylation sites (tertiary alicyclic amines) is 2. The summed E-state index contributed by atoms with van der Waals surface area (Å²) in [5, 5.41) is 8.15. The zero-order chi connectivity index (χ0) is 20.5. The average Bonchev–Trinajstić information content (AvgIpc) is 3.51. The zero-order valence-electron chi connectivity index (χ0n) is 17.9. The lowest BCUT2D eigenvalue weighted by Gasteiger charge is -2.24. The SMILES string of the molecule is Cc1cc(C2CCCN2Cc2ccc(CN3CCCC3c3cc(C)no3)cc2)on1. The summed E-state index contributed by atoms with van der Waals surface area (Å²) in [5.74, 6) is 2.01. The second-order valence-corrected chi connectivity index (χ2v) is 8.81. The highest BCUT2D eigenvalue weighted by Gasteiger charge is 2.30. The van der Waals surface area contributed by atoms with Gasteiger partial charge in [0.05, 0.1) is 23.5 Å². The lowest BCUT2D eigenvalue weighted by atomic mass is 10.1. The van der Waals surface area contributed by atoms with Gasteiger partial charge in [0, 0.05) is 25.2 Å². The van der Waals surface area contributed by atoms with Gasteiger partial charge in [0.1, 0.15) is 0 Å². The highest BCUT2D eigenvalue weighted by molar-refractivity contribution is 5.24. The molecule has 3 aromatic rings. The van der Waals surface area contributed by atoms with Crippen LogP contribution in [0.2, 0.25) is 0 Å². The molecule has 0 spiro atoms. The summed E-state index contributed by atoms with van der Waals surface area (Å²) >= 11 is 0. The summed E-state index contributed by atoms with van der Waals surface area (Å²) in [4.78, 5) is 5.02. The van der Waals surface area contributed by atoms with Crippen LogP contribution in [0.15, 0.2) is 45.4 Å². The third-order valence-corrected chi connectivity index (χ3v) is 6.47. The van der Waals surface area contributed by atoms with Crippen molar-refractivity contribution in [1.29, 1.82) is 0 Å². The van der Waals surface area contributed by atoms with E-state index < -0.39 is 0 Å². The van der Waals surface area contributed by atoms with Crippen LogP contribution < -0.4 is 0 Å². The van der Waals surface area contributed by atoms with Gasteiger partial charge in [-0.25, -0.2) is 0 Å².